The number of hydrogen-bond acceptors (Lipinski definition) is 3. The van der Waals surface area contributed by atoms with Gasteiger partial charge in [-0.25, -0.2) is 4.79 Å². The minimum atomic E-state index is -0.260. The number of esters is 1. The lowest BCUT2D eigenvalue weighted by molar-refractivity contribution is -0.139. The van der Waals surface area contributed by atoms with Crippen molar-refractivity contribution in [2.45, 2.75) is 19.4 Å². The summed E-state index contributed by atoms with van der Waals surface area (Å²) in [6, 6.07) is 20.3. The Morgan fingerprint density at radius 1 is 1.08 bits per heavy atom. The van der Waals surface area contributed by atoms with Crippen molar-refractivity contribution in [3.8, 4) is 0 Å². The van der Waals surface area contributed by atoms with E-state index in [1.165, 1.54) is 11.6 Å². The van der Waals surface area contributed by atoms with Gasteiger partial charge < -0.3 is 4.74 Å². The first-order valence-corrected chi connectivity index (χ1v) is 8.96. The molecule has 1 saturated heterocycles. The Labute approximate surface area is 149 Å². The van der Waals surface area contributed by atoms with Crippen LogP contribution in [0.15, 0.2) is 66.7 Å². The van der Waals surface area contributed by atoms with Crippen LogP contribution < -0.4 is 0 Å². The Kier molecular flexibility index (Phi) is 6.41. The number of carbonyl (C=O) groups is 1. The molecule has 130 valence electrons. The Morgan fingerprint density at radius 2 is 1.80 bits per heavy atom. The fourth-order valence-corrected chi connectivity index (χ4v) is 3.25. The molecule has 1 fully saturated rings. The Hall–Kier alpha value is -2.39. The highest BCUT2D eigenvalue weighted by Gasteiger charge is 2.21. The number of hydrogen-bond donors (Lipinski definition) is 0. The van der Waals surface area contributed by atoms with E-state index in [1.807, 2.05) is 36.4 Å². The van der Waals surface area contributed by atoms with Crippen LogP contribution in [-0.2, 0) is 16.1 Å². The Balaban J connectivity index is 1.43. The summed E-state index contributed by atoms with van der Waals surface area (Å²) in [4.78, 5) is 14.4. The summed E-state index contributed by atoms with van der Waals surface area (Å²) < 4.78 is 5.45. The molecule has 1 heterocycles. The number of likely N-dealkylation sites (tertiary alicyclic amines) is 1. The predicted molar refractivity (Wildman–Crippen MR) is 101 cm³/mol. The molecule has 0 radical (unpaired) electrons. The van der Waals surface area contributed by atoms with Crippen molar-refractivity contribution in [3.63, 3.8) is 0 Å². The van der Waals surface area contributed by atoms with Gasteiger partial charge in [0.2, 0.25) is 0 Å². The maximum atomic E-state index is 11.9. The van der Waals surface area contributed by atoms with Crippen molar-refractivity contribution in [3.05, 3.63) is 77.9 Å². The molecule has 1 aliphatic heterocycles. The summed E-state index contributed by atoms with van der Waals surface area (Å²) in [5.74, 6) is 0.163. The zero-order valence-corrected chi connectivity index (χ0v) is 14.5. The van der Waals surface area contributed by atoms with E-state index in [2.05, 4.69) is 29.2 Å². The first-order valence-electron chi connectivity index (χ1n) is 8.96. The highest BCUT2D eigenvalue weighted by atomic mass is 16.5. The minimum absolute atomic E-state index is 0.260. The molecule has 1 atom stereocenters. The van der Waals surface area contributed by atoms with E-state index in [-0.39, 0.29) is 5.97 Å². The third kappa shape index (κ3) is 5.87. The van der Waals surface area contributed by atoms with Gasteiger partial charge in [0, 0.05) is 25.1 Å². The van der Waals surface area contributed by atoms with E-state index in [9.17, 15) is 4.79 Å². The smallest absolute Gasteiger partial charge is 0.330 e. The maximum absolute atomic E-state index is 11.9. The first-order chi connectivity index (χ1) is 12.3. The molecule has 0 saturated carbocycles. The van der Waals surface area contributed by atoms with Crippen LogP contribution in [0.2, 0.25) is 0 Å². The predicted octanol–water partition coefficient (Wildman–Crippen LogP) is 4.16. The van der Waals surface area contributed by atoms with Crippen molar-refractivity contribution < 1.29 is 9.53 Å². The molecule has 0 amide bonds. The number of piperidine rings is 1. The second kappa shape index (κ2) is 9.19. The van der Waals surface area contributed by atoms with Gasteiger partial charge in [-0.15, -0.1) is 0 Å². The van der Waals surface area contributed by atoms with Crippen molar-refractivity contribution in [2.24, 2.45) is 5.92 Å². The summed E-state index contributed by atoms with van der Waals surface area (Å²) in [6.45, 7) is 3.58. The number of benzene rings is 2. The van der Waals surface area contributed by atoms with Gasteiger partial charge in [-0.05, 0) is 36.6 Å². The van der Waals surface area contributed by atoms with Crippen LogP contribution in [0.1, 0.15) is 24.0 Å². The fraction of sp³-hybridized carbons (Fsp3) is 0.318. The molecule has 3 rings (SSSR count). The standard InChI is InChI=1S/C22H25NO2/c24-22(14-13-19-8-3-1-4-9-19)25-18-21-12-7-15-23(17-21)16-20-10-5-2-6-11-20/h1-6,8-11,13-14,21H,7,12,15-18H2/b14-13+. The first kappa shape index (κ1) is 17.4. The molecule has 0 aliphatic carbocycles. The van der Waals surface area contributed by atoms with Crippen LogP contribution >= 0.6 is 0 Å². The quantitative estimate of drug-likeness (QED) is 0.586. The van der Waals surface area contributed by atoms with Crippen LogP contribution in [0.3, 0.4) is 0 Å². The van der Waals surface area contributed by atoms with Gasteiger partial charge in [0.15, 0.2) is 0 Å². The Morgan fingerprint density at radius 3 is 2.56 bits per heavy atom. The van der Waals surface area contributed by atoms with E-state index in [4.69, 9.17) is 4.74 Å². The van der Waals surface area contributed by atoms with Crippen LogP contribution in [0.4, 0.5) is 0 Å². The highest BCUT2D eigenvalue weighted by Crippen LogP contribution is 2.19. The summed E-state index contributed by atoms with van der Waals surface area (Å²) >= 11 is 0. The minimum Gasteiger partial charge on any atom is -0.462 e. The van der Waals surface area contributed by atoms with E-state index in [1.54, 1.807) is 6.08 Å². The Bertz CT molecular complexity index is 682. The third-order valence-electron chi connectivity index (χ3n) is 4.52. The van der Waals surface area contributed by atoms with Crippen molar-refractivity contribution in [1.29, 1.82) is 0 Å². The maximum Gasteiger partial charge on any atom is 0.330 e. The summed E-state index contributed by atoms with van der Waals surface area (Å²) in [5, 5.41) is 0. The molecule has 2 aromatic carbocycles. The molecule has 0 spiro atoms. The monoisotopic (exact) mass is 335 g/mol. The van der Waals surface area contributed by atoms with Crippen LogP contribution in [0, 0.1) is 5.92 Å². The number of ether oxygens (including phenoxy) is 1. The molecule has 3 heteroatoms. The average molecular weight is 335 g/mol. The van der Waals surface area contributed by atoms with Crippen molar-refractivity contribution in [1.82, 2.24) is 4.90 Å². The normalized spacial score (nSPS) is 18.3. The molecule has 1 unspecified atom stereocenters. The number of nitrogens with zero attached hydrogens (tertiary/aromatic N) is 1. The topological polar surface area (TPSA) is 29.5 Å². The second-order valence-electron chi connectivity index (χ2n) is 6.60. The van der Waals surface area contributed by atoms with Crippen LogP contribution in [0.25, 0.3) is 6.08 Å². The molecular formula is C22H25NO2. The lowest BCUT2D eigenvalue weighted by atomic mass is 9.98. The van der Waals surface area contributed by atoms with E-state index >= 15 is 0 Å². The van der Waals surface area contributed by atoms with Gasteiger partial charge in [0.25, 0.3) is 0 Å². The lowest BCUT2D eigenvalue weighted by Gasteiger charge is -2.32. The number of carbonyl (C=O) groups excluding carboxylic acids is 1. The van der Waals surface area contributed by atoms with Crippen LogP contribution in [0.5, 0.6) is 0 Å². The molecule has 2 aromatic rings. The second-order valence-corrected chi connectivity index (χ2v) is 6.60. The third-order valence-corrected chi connectivity index (χ3v) is 4.52. The van der Waals surface area contributed by atoms with Gasteiger partial charge in [0.1, 0.15) is 0 Å². The molecule has 25 heavy (non-hydrogen) atoms. The summed E-state index contributed by atoms with van der Waals surface area (Å²) in [7, 11) is 0. The van der Waals surface area contributed by atoms with E-state index in [0.29, 0.717) is 12.5 Å². The molecule has 0 N–H and O–H groups in total. The number of rotatable bonds is 6. The fourth-order valence-electron chi connectivity index (χ4n) is 3.25. The SMILES string of the molecule is O=C(/C=C/c1ccccc1)OCC1CCCN(Cc2ccccc2)C1. The van der Waals surface area contributed by atoms with Gasteiger partial charge in [-0.3, -0.25) is 4.90 Å². The molecule has 3 nitrogen and oxygen atoms in total. The van der Waals surface area contributed by atoms with Gasteiger partial charge in [-0.1, -0.05) is 60.7 Å². The summed E-state index contributed by atoms with van der Waals surface area (Å²) in [6.07, 6.45) is 5.60. The average Bonchev–Trinajstić information content (AvgIpc) is 2.67. The van der Waals surface area contributed by atoms with Gasteiger partial charge in [-0.2, -0.15) is 0 Å². The van der Waals surface area contributed by atoms with E-state index in [0.717, 1.165) is 38.0 Å². The van der Waals surface area contributed by atoms with Gasteiger partial charge >= 0.3 is 5.97 Å². The summed E-state index contributed by atoms with van der Waals surface area (Å²) in [5.41, 5.74) is 2.34. The van der Waals surface area contributed by atoms with Gasteiger partial charge in [0.05, 0.1) is 6.61 Å². The lowest BCUT2D eigenvalue weighted by Crippen LogP contribution is -2.37. The van der Waals surface area contributed by atoms with Crippen LogP contribution in [-0.4, -0.2) is 30.6 Å². The van der Waals surface area contributed by atoms with Crippen molar-refractivity contribution >= 4 is 12.0 Å². The molecule has 0 aromatic heterocycles. The highest BCUT2D eigenvalue weighted by molar-refractivity contribution is 5.87. The van der Waals surface area contributed by atoms with Crippen molar-refractivity contribution in [2.75, 3.05) is 19.7 Å². The zero-order chi connectivity index (χ0) is 17.3. The zero-order valence-electron chi connectivity index (χ0n) is 14.5. The molecular weight excluding hydrogens is 310 g/mol. The largest absolute Gasteiger partial charge is 0.462 e. The molecule has 1 aliphatic rings. The molecule has 0 bridgehead atoms. The van der Waals surface area contributed by atoms with E-state index < -0.39 is 0 Å².